The van der Waals surface area contributed by atoms with E-state index < -0.39 is 15.8 Å². The van der Waals surface area contributed by atoms with Crippen molar-refractivity contribution in [1.82, 2.24) is 0 Å². The first-order valence-electron chi connectivity index (χ1n) is 6.44. The van der Waals surface area contributed by atoms with Gasteiger partial charge in [0.25, 0.3) is 0 Å². The Labute approximate surface area is 133 Å². The minimum absolute atomic E-state index is 0.0602. The molecule has 0 saturated heterocycles. The first kappa shape index (κ1) is 14.1. The van der Waals surface area contributed by atoms with Gasteiger partial charge < -0.3 is 0 Å². The van der Waals surface area contributed by atoms with Crippen LogP contribution in [0.5, 0.6) is 0 Å². The SMILES string of the molecule is c1ccc([I-]I(c2ccccc2)c2ccccc2)cc1. The van der Waals surface area contributed by atoms with Gasteiger partial charge in [-0.15, -0.1) is 0 Å². The quantitative estimate of drug-likeness (QED) is 0.497. The van der Waals surface area contributed by atoms with Crippen LogP contribution < -0.4 is 17.2 Å². The van der Waals surface area contributed by atoms with Crippen molar-refractivity contribution in [2.24, 2.45) is 0 Å². The van der Waals surface area contributed by atoms with Gasteiger partial charge >= 0.3 is 135 Å². The Morgan fingerprint density at radius 1 is 0.500 bits per heavy atom. The van der Waals surface area contributed by atoms with Crippen LogP contribution in [0, 0.1) is 10.7 Å². The molecule has 0 bridgehead atoms. The summed E-state index contributed by atoms with van der Waals surface area (Å²) in [6.45, 7) is 0. The zero-order valence-corrected chi connectivity index (χ0v) is 15.2. The number of halogens is 2. The van der Waals surface area contributed by atoms with Gasteiger partial charge in [0.15, 0.2) is 0 Å². The van der Waals surface area contributed by atoms with E-state index >= 15 is 0 Å². The van der Waals surface area contributed by atoms with E-state index in [4.69, 9.17) is 0 Å². The van der Waals surface area contributed by atoms with E-state index in [0.29, 0.717) is 0 Å². The fourth-order valence-corrected chi connectivity index (χ4v) is 18.0. The van der Waals surface area contributed by atoms with Gasteiger partial charge in [-0.2, -0.15) is 0 Å². The van der Waals surface area contributed by atoms with E-state index in [-0.39, 0.29) is 17.2 Å². The van der Waals surface area contributed by atoms with E-state index in [9.17, 15) is 0 Å². The van der Waals surface area contributed by atoms with Crippen molar-refractivity contribution in [2.45, 2.75) is 0 Å². The van der Waals surface area contributed by atoms with E-state index in [2.05, 4.69) is 91.0 Å². The minimum atomic E-state index is -1.27. The summed E-state index contributed by atoms with van der Waals surface area (Å²) in [5, 5.41) is 0. The summed E-state index contributed by atoms with van der Waals surface area (Å²) < 4.78 is 4.73. The normalized spacial score (nSPS) is 11.3. The third kappa shape index (κ3) is 3.61. The molecule has 2 heteroatoms. The molecule has 0 aliphatic carbocycles. The maximum atomic E-state index is 2.32. The Balaban J connectivity index is 1.96. The van der Waals surface area contributed by atoms with Crippen molar-refractivity contribution >= 4 is 15.8 Å². The fraction of sp³-hybridized carbons (Fsp3) is 0. The Kier molecular flexibility index (Phi) is 5.08. The molecule has 0 aliphatic rings. The Hall–Kier alpha value is -0.880. The van der Waals surface area contributed by atoms with Crippen molar-refractivity contribution in [3.63, 3.8) is 0 Å². The van der Waals surface area contributed by atoms with Gasteiger partial charge in [0, 0.05) is 0 Å². The molecule has 102 valence electrons. The molecule has 3 rings (SSSR count). The average Bonchev–Trinajstić information content (AvgIpc) is 2.55. The van der Waals surface area contributed by atoms with Gasteiger partial charge in [0.1, 0.15) is 0 Å². The van der Waals surface area contributed by atoms with Crippen molar-refractivity contribution in [2.75, 3.05) is 0 Å². The monoisotopic (exact) mass is 485 g/mol. The zero-order valence-electron chi connectivity index (χ0n) is 10.9. The molecule has 0 atom stereocenters. The van der Waals surface area contributed by atoms with Crippen LogP contribution in [0.4, 0.5) is 0 Å². The molecule has 0 amide bonds. The van der Waals surface area contributed by atoms with Crippen LogP contribution in [0.15, 0.2) is 91.0 Å². The molecule has 0 aromatic heterocycles. The van der Waals surface area contributed by atoms with Crippen LogP contribution in [0.25, 0.3) is 0 Å². The second-order valence-electron chi connectivity index (χ2n) is 4.20. The van der Waals surface area contributed by atoms with Gasteiger partial charge in [0.2, 0.25) is 0 Å². The van der Waals surface area contributed by atoms with Crippen molar-refractivity contribution in [3.8, 4) is 0 Å². The summed E-state index contributed by atoms with van der Waals surface area (Å²) in [5.74, 6) is 0. The second-order valence-corrected chi connectivity index (χ2v) is 17.9. The Morgan fingerprint density at radius 3 is 1.35 bits per heavy atom. The van der Waals surface area contributed by atoms with Crippen molar-refractivity contribution < 1.29 is 17.2 Å². The number of hydrogen-bond donors (Lipinski definition) is 0. The Bertz CT molecular complexity index is 597. The van der Waals surface area contributed by atoms with Crippen LogP contribution >= 0.6 is 15.8 Å². The van der Waals surface area contributed by atoms with E-state index in [1.807, 2.05) is 0 Å². The van der Waals surface area contributed by atoms with Crippen molar-refractivity contribution in [1.29, 1.82) is 0 Å². The third-order valence-electron chi connectivity index (χ3n) is 2.74. The molecule has 0 fully saturated rings. The standard InChI is InChI=1S/C18H15I2/c1-4-10-16(11-5-1)19-20(17-12-6-2-7-13-17)18-14-8-3-9-15-18/h1-15H/q-1. The molecule has 20 heavy (non-hydrogen) atoms. The molecule has 0 N–H and O–H groups in total. The Morgan fingerprint density at radius 2 is 0.900 bits per heavy atom. The molecule has 3 aromatic rings. The topological polar surface area (TPSA) is 0 Å². The molecule has 0 nitrogen and oxygen atoms in total. The summed E-state index contributed by atoms with van der Waals surface area (Å²) in [7, 11) is 0. The third-order valence-corrected chi connectivity index (χ3v) is 20.2. The summed E-state index contributed by atoms with van der Waals surface area (Å²) in [6, 6.07) is 33.3. The predicted molar refractivity (Wildman–Crippen MR) is 89.4 cm³/mol. The van der Waals surface area contributed by atoms with Crippen LogP contribution in [0.3, 0.4) is 0 Å². The second kappa shape index (κ2) is 7.22. The van der Waals surface area contributed by atoms with E-state index in [1.165, 1.54) is 0 Å². The maximum absolute atomic E-state index is 2.32. The van der Waals surface area contributed by atoms with Gasteiger partial charge in [-0.1, -0.05) is 0 Å². The predicted octanol–water partition coefficient (Wildman–Crippen LogP) is 2.11. The number of benzene rings is 3. The number of rotatable bonds is 4. The van der Waals surface area contributed by atoms with E-state index in [0.717, 1.165) is 0 Å². The van der Waals surface area contributed by atoms with Crippen molar-refractivity contribution in [3.05, 3.63) is 102 Å². The van der Waals surface area contributed by atoms with E-state index in [1.54, 1.807) is 10.7 Å². The summed E-state index contributed by atoms with van der Waals surface area (Å²) in [5.41, 5.74) is 0. The van der Waals surface area contributed by atoms with Crippen LogP contribution in [-0.2, 0) is 0 Å². The molecule has 0 spiro atoms. The molecule has 3 aromatic carbocycles. The summed E-state index contributed by atoms with van der Waals surface area (Å²) >= 11 is -1.21. The molecule has 0 unspecified atom stereocenters. The summed E-state index contributed by atoms with van der Waals surface area (Å²) in [4.78, 5) is 0. The van der Waals surface area contributed by atoms with Gasteiger partial charge in [-0.3, -0.25) is 0 Å². The zero-order chi connectivity index (χ0) is 13.6. The van der Waals surface area contributed by atoms with Gasteiger partial charge in [-0.25, -0.2) is 0 Å². The van der Waals surface area contributed by atoms with Crippen LogP contribution in [-0.4, -0.2) is 0 Å². The van der Waals surface area contributed by atoms with Gasteiger partial charge in [0.05, 0.1) is 0 Å². The molecule has 0 aliphatic heterocycles. The number of hydrogen-bond acceptors (Lipinski definition) is 0. The van der Waals surface area contributed by atoms with Crippen LogP contribution in [0.1, 0.15) is 0 Å². The molecule has 0 radical (unpaired) electrons. The summed E-state index contributed by atoms with van der Waals surface area (Å²) in [6.07, 6.45) is 0. The molecule has 0 saturated carbocycles. The average molecular weight is 485 g/mol. The first-order valence-corrected chi connectivity index (χ1v) is 16.0. The fourth-order valence-electron chi connectivity index (χ4n) is 1.80. The molecular weight excluding hydrogens is 470 g/mol. The van der Waals surface area contributed by atoms with Crippen LogP contribution in [0.2, 0.25) is 0 Å². The first-order chi connectivity index (χ1) is 9.93. The molecular formula is C18H15I2-. The molecule has 0 heterocycles. The van der Waals surface area contributed by atoms with Gasteiger partial charge in [-0.05, 0) is 0 Å².